The van der Waals surface area contributed by atoms with Crippen molar-refractivity contribution in [2.75, 3.05) is 0 Å². The van der Waals surface area contributed by atoms with Crippen LogP contribution in [0.2, 0.25) is 0 Å². The molecule has 26 heavy (non-hydrogen) atoms. The summed E-state index contributed by atoms with van der Waals surface area (Å²) in [4.78, 5) is 12.4. The number of carbonyl (C=O) groups excluding carboxylic acids is 1. The van der Waals surface area contributed by atoms with Crippen molar-refractivity contribution in [3.63, 3.8) is 0 Å². The van der Waals surface area contributed by atoms with Gasteiger partial charge in [0.25, 0.3) is 0 Å². The molecule has 0 aliphatic rings. The quantitative estimate of drug-likeness (QED) is 0.682. The van der Waals surface area contributed by atoms with E-state index < -0.39 is 18.2 Å². The monoisotopic (exact) mass is 350 g/mol. The van der Waals surface area contributed by atoms with E-state index in [1.807, 2.05) is 60.7 Å². The molecule has 0 amide bonds. The molecule has 0 aliphatic heterocycles. The van der Waals surface area contributed by atoms with Crippen LogP contribution in [0, 0.1) is 5.82 Å². The number of aliphatic hydroxyl groups is 1. The normalized spacial score (nSPS) is 12.0. The molecule has 0 heterocycles. The number of aliphatic hydroxyl groups excluding tert-OH is 1. The molecule has 0 saturated heterocycles. The van der Waals surface area contributed by atoms with Crippen LogP contribution in [0.3, 0.4) is 0 Å². The molecule has 0 fully saturated rings. The molecule has 4 heteroatoms. The lowest BCUT2D eigenvalue weighted by atomic mass is 10.0. The Morgan fingerprint density at radius 3 is 1.85 bits per heavy atom. The van der Waals surface area contributed by atoms with Crippen LogP contribution in [-0.2, 0) is 16.0 Å². The van der Waals surface area contributed by atoms with Gasteiger partial charge in [-0.15, -0.1) is 0 Å². The van der Waals surface area contributed by atoms with E-state index >= 15 is 0 Å². The first kappa shape index (κ1) is 17.8. The number of ether oxygens (including phenoxy) is 1. The Kier molecular flexibility index (Phi) is 5.77. The average Bonchev–Trinajstić information content (AvgIpc) is 2.69. The fraction of sp³-hybridized carbons (Fsp3) is 0.136. The minimum atomic E-state index is -1.32. The van der Waals surface area contributed by atoms with Crippen LogP contribution < -0.4 is 0 Å². The van der Waals surface area contributed by atoms with Gasteiger partial charge in [-0.1, -0.05) is 72.8 Å². The average molecular weight is 350 g/mol. The summed E-state index contributed by atoms with van der Waals surface area (Å²) in [6, 6.07) is 24.4. The lowest BCUT2D eigenvalue weighted by Crippen LogP contribution is -2.27. The molecule has 0 bridgehead atoms. The van der Waals surface area contributed by atoms with Crippen LogP contribution in [0.5, 0.6) is 0 Å². The van der Waals surface area contributed by atoms with Crippen molar-refractivity contribution in [1.82, 2.24) is 0 Å². The van der Waals surface area contributed by atoms with Gasteiger partial charge in [-0.3, -0.25) is 0 Å². The second kappa shape index (κ2) is 8.41. The maximum absolute atomic E-state index is 13.0. The third-order valence-electron chi connectivity index (χ3n) is 4.05. The van der Waals surface area contributed by atoms with Crippen LogP contribution in [0.1, 0.15) is 22.8 Å². The molecule has 0 aliphatic carbocycles. The predicted molar refractivity (Wildman–Crippen MR) is 96.9 cm³/mol. The summed E-state index contributed by atoms with van der Waals surface area (Å²) in [5.41, 5.74) is 2.30. The molecule has 132 valence electrons. The van der Waals surface area contributed by atoms with Crippen molar-refractivity contribution >= 4 is 5.97 Å². The van der Waals surface area contributed by atoms with E-state index in [9.17, 15) is 14.3 Å². The highest BCUT2D eigenvalue weighted by Gasteiger charge is 2.24. The first-order valence-corrected chi connectivity index (χ1v) is 8.36. The second-order valence-corrected chi connectivity index (χ2v) is 5.98. The van der Waals surface area contributed by atoms with Crippen LogP contribution in [0.15, 0.2) is 84.9 Å². The van der Waals surface area contributed by atoms with Gasteiger partial charge in [-0.05, 0) is 28.8 Å². The Balaban J connectivity index is 1.75. The van der Waals surface area contributed by atoms with Gasteiger partial charge in [0.2, 0.25) is 0 Å². The van der Waals surface area contributed by atoms with E-state index in [2.05, 4.69) is 0 Å². The van der Waals surface area contributed by atoms with Crippen LogP contribution in [0.25, 0.3) is 0 Å². The number of carbonyl (C=O) groups is 1. The van der Waals surface area contributed by atoms with E-state index in [4.69, 9.17) is 4.74 Å². The zero-order valence-corrected chi connectivity index (χ0v) is 14.1. The standard InChI is InChI=1S/C22H19FO3/c23-19-13-11-16(12-14-19)15-20(24)22(25)26-21(17-7-3-1-4-8-17)18-9-5-2-6-10-18/h1-14,20-21,24H,15H2. The van der Waals surface area contributed by atoms with Gasteiger partial charge in [0.15, 0.2) is 12.2 Å². The summed E-state index contributed by atoms with van der Waals surface area (Å²) in [7, 11) is 0. The highest BCUT2D eigenvalue weighted by molar-refractivity contribution is 5.75. The minimum absolute atomic E-state index is 0.0649. The fourth-order valence-corrected chi connectivity index (χ4v) is 2.71. The van der Waals surface area contributed by atoms with Gasteiger partial charge in [-0.25, -0.2) is 9.18 Å². The molecular weight excluding hydrogens is 331 g/mol. The predicted octanol–water partition coefficient (Wildman–Crippen LogP) is 4.06. The lowest BCUT2D eigenvalue weighted by Gasteiger charge is -2.21. The van der Waals surface area contributed by atoms with Gasteiger partial charge < -0.3 is 9.84 Å². The Morgan fingerprint density at radius 2 is 1.35 bits per heavy atom. The Bertz CT molecular complexity index is 793. The SMILES string of the molecule is O=C(OC(c1ccccc1)c1ccccc1)C(O)Cc1ccc(F)cc1. The van der Waals surface area contributed by atoms with E-state index in [1.54, 1.807) is 0 Å². The number of hydrogen-bond donors (Lipinski definition) is 1. The van der Waals surface area contributed by atoms with Gasteiger partial charge in [0.05, 0.1) is 0 Å². The van der Waals surface area contributed by atoms with E-state index in [1.165, 1.54) is 24.3 Å². The zero-order valence-electron chi connectivity index (χ0n) is 14.1. The summed E-state index contributed by atoms with van der Waals surface area (Å²) < 4.78 is 18.6. The topological polar surface area (TPSA) is 46.5 Å². The Morgan fingerprint density at radius 1 is 0.846 bits per heavy atom. The van der Waals surface area contributed by atoms with Crippen molar-refractivity contribution in [2.45, 2.75) is 18.6 Å². The summed E-state index contributed by atoms with van der Waals surface area (Å²) in [6.45, 7) is 0. The van der Waals surface area contributed by atoms with Gasteiger partial charge in [0.1, 0.15) is 5.82 Å². The number of esters is 1. The molecule has 3 aromatic carbocycles. The zero-order chi connectivity index (χ0) is 18.4. The van der Waals surface area contributed by atoms with E-state index in [-0.39, 0.29) is 12.2 Å². The number of halogens is 1. The maximum Gasteiger partial charge on any atom is 0.336 e. The van der Waals surface area contributed by atoms with Crippen molar-refractivity contribution in [3.8, 4) is 0 Å². The Hall–Kier alpha value is -2.98. The van der Waals surface area contributed by atoms with Crippen molar-refractivity contribution in [3.05, 3.63) is 107 Å². The van der Waals surface area contributed by atoms with Crippen LogP contribution in [0.4, 0.5) is 4.39 Å². The molecular formula is C22H19FO3. The van der Waals surface area contributed by atoms with Crippen molar-refractivity contribution in [1.29, 1.82) is 0 Å². The minimum Gasteiger partial charge on any atom is -0.451 e. The smallest absolute Gasteiger partial charge is 0.336 e. The molecule has 3 rings (SSSR count). The molecule has 1 N–H and O–H groups in total. The van der Waals surface area contributed by atoms with E-state index in [0.29, 0.717) is 5.56 Å². The largest absolute Gasteiger partial charge is 0.451 e. The van der Waals surface area contributed by atoms with Crippen molar-refractivity contribution in [2.24, 2.45) is 0 Å². The van der Waals surface area contributed by atoms with Crippen LogP contribution >= 0.6 is 0 Å². The fourth-order valence-electron chi connectivity index (χ4n) is 2.71. The summed E-state index contributed by atoms with van der Waals surface area (Å²) in [6.07, 6.45) is -1.86. The molecule has 1 atom stereocenters. The number of rotatable bonds is 6. The van der Waals surface area contributed by atoms with Gasteiger partial charge >= 0.3 is 5.97 Å². The molecule has 3 nitrogen and oxygen atoms in total. The van der Waals surface area contributed by atoms with Crippen molar-refractivity contribution < 1.29 is 19.0 Å². The first-order valence-electron chi connectivity index (χ1n) is 8.36. The number of benzene rings is 3. The molecule has 0 radical (unpaired) electrons. The molecule has 0 aromatic heterocycles. The summed E-state index contributed by atoms with van der Waals surface area (Å²) >= 11 is 0. The third kappa shape index (κ3) is 4.55. The molecule has 3 aromatic rings. The lowest BCUT2D eigenvalue weighted by molar-refractivity contribution is -0.157. The summed E-state index contributed by atoms with van der Waals surface area (Å²) in [5.74, 6) is -1.08. The van der Waals surface area contributed by atoms with E-state index in [0.717, 1.165) is 11.1 Å². The molecule has 1 unspecified atom stereocenters. The summed E-state index contributed by atoms with van der Waals surface area (Å²) in [5, 5.41) is 10.2. The molecule has 0 saturated carbocycles. The first-order chi connectivity index (χ1) is 12.6. The van der Waals surface area contributed by atoms with Gasteiger partial charge in [-0.2, -0.15) is 0 Å². The second-order valence-electron chi connectivity index (χ2n) is 5.98. The molecule has 0 spiro atoms. The third-order valence-corrected chi connectivity index (χ3v) is 4.05. The maximum atomic E-state index is 13.0. The van der Waals surface area contributed by atoms with Crippen LogP contribution in [-0.4, -0.2) is 17.2 Å². The highest BCUT2D eigenvalue weighted by Crippen LogP contribution is 2.26. The number of hydrogen-bond acceptors (Lipinski definition) is 3. The van der Waals surface area contributed by atoms with Gasteiger partial charge in [0, 0.05) is 6.42 Å². The Labute approximate surface area is 151 Å². The highest BCUT2D eigenvalue weighted by atomic mass is 19.1.